The summed E-state index contributed by atoms with van der Waals surface area (Å²) in [5, 5.41) is 3.36. The summed E-state index contributed by atoms with van der Waals surface area (Å²) < 4.78 is 0. The van der Waals surface area contributed by atoms with Gasteiger partial charge in [0.2, 0.25) is 0 Å². The molecule has 0 radical (unpaired) electrons. The van der Waals surface area contributed by atoms with Gasteiger partial charge in [0.25, 0.3) is 0 Å². The highest BCUT2D eigenvalue weighted by Crippen LogP contribution is 1.87. The van der Waals surface area contributed by atoms with E-state index in [-0.39, 0.29) is 0 Å². The van der Waals surface area contributed by atoms with Gasteiger partial charge >= 0.3 is 0 Å². The first kappa shape index (κ1) is 10.4. The molecule has 0 bridgehead atoms. The van der Waals surface area contributed by atoms with Gasteiger partial charge in [-0.15, -0.1) is 0 Å². The van der Waals surface area contributed by atoms with Crippen LogP contribution in [0, 0.1) is 5.92 Å². The summed E-state index contributed by atoms with van der Waals surface area (Å²) in [7, 11) is 0. The SMILES string of the molecule is C=CC=CCCNCC(C)C. The quantitative estimate of drug-likeness (QED) is 0.456. The van der Waals surface area contributed by atoms with Crippen molar-refractivity contribution in [3.63, 3.8) is 0 Å². The molecule has 0 aromatic rings. The molecule has 0 aliphatic carbocycles. The Morgan fingerprint density at radius 3 is 2.73 bits per heavy atom. The zero-order chi connectivity index (χ0) is 8.53. The predicted octanol–water partition coefficient (Wildman–Crippen LogP) is 2.36. The molecule has 1 N–H and O–H groups in total. The van der Waals surface area contributed by atoms with Gasteiger partial charge in [0.15, 0.2) is 0 Å². The summed E-state index contributed by atoms with van der Waals surface area (Å²) in [6.07, 6.45) is 7.01. The lowest BCUT2D eigenvalue weighted by Gasteiger charge is -2.04. The van der Waals surface area contributed by atoms with Crippen molar-refractivity contribution < 1.29 is 0 Å². The standard InChI is InChI=1S/C10H19N/c1-4-5-6-7-8-11-9-10(2)3/h4-6,10-11H,1,7-9H2,2-3H3. The predicted molar refractivity (Wildman–Crippen MR) is 51.7 cm³/mol. The second-order valence-corrected chi connectivity index (χ2v) is 3.05. The van der Waals surface area contributed by atoms with Crippen LogP contribution in [0.2, 0.25) is 0 Å². The molecule has 0 spiro atoms. The van der Waals surface area contributed by atoms with Gasteiger partial charge in [-0.2, -0.15) is 0 Å². The first-order valence-corrected chi connectivity index (χ1v) is 4.25. The molecule has 0 aromatic heterocycles. The van der Waals surface area contributed by atoms with Crippen LogP contribution in [-0.2, 0) is 0 Å². The Morgan fingerprint density at radius 1 is 1.45 bits per heavy atom. The van der Waals surface area contributed by atoms with Gasteiger partial charge in [0.1, 0.15) is 0 Å². The number of hydrogen-bond acceptors (Lipinski definition) is 1. The first-order valence-electron chi connectivity index (χ1n) is 4.25. The molecule has 0 amide bonds. The van der Waals surface area contributed by atoms with E-state index in [0.29, 0.717) is 0 Å². The van der Waals surface area contributed by atoms with E-state index in [4.69, 9.17) is 0 Å². The highest BCUT2D eigenvalue weighted by Gasteiger charge is 1.89. The number of allylic oxidation sites excluding steroid dienone is 2. The molecule has 11 heavy (non-hydrogen) atoms. The van der Waals surface area contributed by atoms with Crippen molar-refractivity contribution in [3.8, 4) is 0 Å². The summed E-state index contributed by atoms with van der Waals surface area (Å²) in [6.45, 7) is 10.2. The Hall–Kier alpha value is -0.560. The fourth-order valence-corrected chi connectivity index (χ4v) is 0.769. The van der Waals surface area contributed by atoms with Gasteiger partial charge in [-0.05, 0) is 25.4 Å². The normalized spacial score (nSPS) is 11.2. The Labute approximate surface area is 70.2 Å². The third-order valence-corrected chi connectivity index (χ3v) is 1.31. The molecule has 0 saturated heterocycles. The summed E-state index contributed by atoms with van der Waals surface area (Å²) in [6, 6.07) is 0. The lowest BCUT2D eigenvalue weighted by molar-refractivity contribution is 0.557. The van der Waals surface area contributed by atoms with Crippen LogP contribution in [0.25, 0.3) is 0 Å². The molecule has 0 aliphatic rings. The lowest BCUT2D eigenvalue weighted by Crippen LogP contribution is -2.20. The number of hydrogen-bond donors (Lipinski definition) is 1. The average molecular weight is 153 g/mol. The minimum absolute atomic E-state index is 0.749. The minimum atomic E-state index is 0.749. The van der Waals surface area contributed by atoms with Crippen LogP contribution in [0.3, 0.4) is 0 Å². The molecule has 0 aromatic carbocycles. The van der Waals surface area contributed by atoms with E-state index in [1.165, 1.54) is 0 Å². The van der Waals surface area contributed by atoms with Crippen LogP contribution in [0.4, 0.5) is 0 Å². The van der Waals surface area contributed by atoms with E-state index in [9.17, 15) is 0 Å². The van der Waals surface area contributed by atoms with Crippen LogP contribution >= 0.6 is 0 Å². The molecule has 0 saturated carbocycles. The maximum Gasteiger partial charge on any atom is -0.00140 e. The van der Waals surface area contributed by atoms with Crippen LogP contribution in [-0.4, -0.2) is 13.1 Å². The maximum atomic E-state index is 3.60. The van der Waals surface area contributed by atoms with Gasteiger partial charge in [0, 0.05) is 0 Å². The van der Waals surface area contributed by atoms with Gasteiger partial charge in [0.05, 0.1) is 0 Å². The molecule has 0 atom stereocenters. The molecule has 0 rings (SSSR count). The van der Waals surface area contributed by atoms with Crippen molar-refractivity contribution in [1.29, 1.82) is 0 Å². The lowest BCUT2D eigenvalue weighted by atomic mass is 10.2. The average Bonchev–Trinajstić information content (AvgIpc) is 1.96. The Bertz CT molecular complexity index is 114. The molecule has 0 heterocycles. The van der Waals surface area contributed by atoms with E-state index in [1.54, 1.807) is 0 Å². The molecule has 0 unspecified atom stereocenters. The van der Waals surface area contributed by atoms with Gasteiger partial charge in [-0.3, -0.25) is 0 Å². The van der Waals surface area contributed by atoms with Crippen LogP contribution in [0.15, 0.2) is 24.8 Å². The number of rotatable bonds is 6. The van der Waals surface area contributed by atoms with Gasteiger partial charge in [-0.1, -0.05) is 38.7 Å². The third kappa shape index (κ3) is 9.44. The molecule has 0 aliphatic heterocycles. The highest BCUT2D eigenvalue weighted by atomic mass is 14.8. The van der Waals surface area contributed by atoms with E-state index < -0.39 is 0 Å². The first-order chi connectivity index (χ1) is 5.27. The summed E-state index contributed by atoms with van der Waals surface area (Å²) >= 11 is 0. The van der Waals surface area contributed by atoms with Crippen molar-refractivity contribution in [1.82, 2.24) is 5.32 Å². The Kier molecular flexibility index (Phi) is 7.16. The minimum Gasteiger partial charge on any atom is -0.316 e. The van der Waals surface area contributed by atoms with Crippen molar-refractivity contribution >= 4 is 0 Å². The monoisotopic (exact) mass is 153 g/mol. The topological polar surface area (TPSA) is 12.0 Å². The second kappa shape index (κ2) is 7.55. The second-order valence-electron chi connectivity index (χ2n) is 3.05. The van der Waals surface area contributed by atoms with Crippen LogP contribution < -0.4 is 5.32 Å². The molecular formula is C10H19N. The zero-order valence-corrected chi connectivity index (χ0v) is 7.64. The van der Waals surface area contributed by atoms with Gasteiger partial charge in [-0.25, -0.2) is 0 Å². The third-order valence-electron chi connectivity index (χ3n) is 1.31. The summed E-state index contributed by atoms with van der Waals surface area (Å²) in [4.78, 5) is 0. The van der Waals surface area contributed by atoms with Crippen molar-refractivity contribution in [3.05, 3.63) is 24.8 Å². The fraction of sp³-hybridized carbons (Fsp3) is 0.600. The smallest absolute Gasteiger partial charge is 0.00140 e. The van der Waals surface area contributed by atoms with Crippen LogP contribution in [0.1, 0.15) is 20.3 Å². The Morgan fingerprint density at radius 2 is 2.18 bits per heavy atom. The molecule has 1 heteroatoms. The summed E-state index contributed by atoms with van der Waals surface area (Å²) in [5.74, 6) is 0.749. The van der Waals surface area contributed by atoms with Crippen molar-refractivity contribution in [2.75, 3.05) is 13.1 Å². The molecule has 64 valence electrons. The van der Waals surface area contributed by atoms with E-state index in [0.717, 1.165) is 25.4 Å². The van der Waals surface area contributed by atoms with E-state index in [2.05, 4.69) is 31.8 Å². The maximum absolute atomic E-state index is 3.60. The van der Waals surface area contributed by atoms with Crippen molar-refractivity contribution in [2.24, 2.45) is 5.92 Å². The van der Waals surface area contributed by atoms with Crippen molar-refractivity contribution in [2.45, 2.75) is 20.3 Å². The van der Waals surface area contributed by atoms with E-state index >= 15 is 0 Å². The Balaban J connectivity index is 3.02. The molecule has 0 fully saturated rings. The van der Waals surface area contributed by atoms with E-state index in [1.807, 2.05) is 12.2 Å². The fourth-order valence-electron chi connectivity index (χ4n) is 0.769. The molecular weight excluding hydrogens is 134 g/mol. The molecule has 1 nitrogen and oxygen atoms in total. The largest absolute Gasteiger partial charge is 0.316 e. The zero-order valence-electron chi connectivity index (χ0n) is 7.64. The number of nitrogens with one attached hydrogen (secondary N) is 1. The summed E-state index contributed by atoms with van der Waals surface area (Å²) in [5.41, 5.74) is 0. The van der Waals surface area contributed by atoms with Crippen LogP contribution in [0.5, 0.6) is 0 Å². The highest BCUT2D eigenvalue weighted by molar-refractivity contribution is 4.97. The van der Waals surface area contributed by atoms with Gasteiger partial charge < -0.3 is 5.32 Å².